The molecular weight excluding hydrogens is 175 g/mol. The van der Waals surface area contributed by atoms with Gasteiger partial charge in [-0.15, -0.1) is 0 Å². The highest BCUT2D eigenvalue weighted by atomic mass is 19.1. The van der Waals surface area contributed by atoms with Crippen molar-refractivity contribution in [3.63, 3.8) is 0 Å². The third-order valence-corrected chi connectivity index (χ3v) is 1.56. The van der Waals surface area contributed by atoms with Gasteiger partial charge in [0.15, 0.2) is 0 Å². The molecule has 13 heavy (non-hydrogen) atoms. The molecule has 1 heterocycles. The Balaban J connectivity index is 2.64. The first-order valence-corrected chi connectivity index (χ1v) is 3.68. The van der Waals surface area contributed by atoms with Crippen molar-refractivity contribution in [3.8, 4) is 0 Å². The molecule has 70 valence electrons. The van der Waals surface area contributed by atoms with Crippen LogP contribution in [-0.4, -0.2) is 22.1 Å². The smallest absolute Gasteiger partial charge is 0.320 e. The number of aliphatic carboxylic acids is 1. The molecule has 4 nitrogen and oxygen atoms in total. The van der Waals surface area contributed by atoms with Gasteiger partial charge in [0.05, 0.1) is 0 Å². The van der Waals surface area contributed by atoms with E-state index in [1.54, 1.807) is 0 Å². The molecule has 0 fully saturated rings. The molecule has 0 spiro atoms. The van der Waals surface area contributed by atoms with E-state index < -0.39 is 18.0 Å². The van der Waals surface area contributed by atoms with Gasteiger partial charge in [-0.1, -0.05) is 6.07 Å². The van der Waals surface area contributed by atoms with Crippen LogP contribution in [0.25, 0.3) is 0 Å². The van der Waals surface area contributed by atoms with Crippen LogP contribution in [0.2, 0.25) is 0 Å². The summed E-state index contributed by atoms with van der Waals surface area (Å²) in [6.45, 7) is 0. The van der Waals surface area contributed by atoms with Gasteiger partial charge < -0.3 is 10.8 Å². The number of rotatable bonds is 3. The minimum Gasteiger partial charge on any atom is -0.480 e. The van der Waals surface area contributed by atoms with Crippen molar-refractivity contribution in [2.24, 2.45) is 5.73 Å². The largest absolute Gasteiger partial charge is 0.480 e. The molecule has 1 atom stereocenters. The Morgan fingerprint density at radius 2 is 2.38 bits per heavy atom. The molecule has 0 bridgehead atoms. The lowest BCUT2D eigenvalue weighted by atomic mass is 10.1. The average Bonchev–Trinajstić information content (AvgIpc) is 2.08. The fraction of sp³-hybridized carbons (Fsp3) is 0.250. The van der Waals surface area contributed by atoms with Gasteiger partial charge in [0, 0.05) is 6.20 Å². The van der Waals surface area contributed by atoms with E-state index in [2.05, 4.69) is 4.98 Å². The van der Waals surface area contributed by atoms with E-state index >= 15 is 0 Å². The van der Waals surface area contributed by atoms with E-state index in [0.29, 0.717) is 5.56 Å². The Kier molecular flexibility index (Phi) is 2.92. The van der Waals surface area contributed by atoms with Crippen LogP contribution in [0, 0.1) is 5.95 Å². The number of carboxylic acids is 1. The van der Waals surface area contributed by atoms with Gasteiger partial charge in [-0.05, 0) is 18.1 Å². The van der Waals surface area contributed by atoms with Crippen molar-refractivity contribution in [1.82, 2.24) is 4.98 Å². The number of carbonyl (C=O) groups is 1. The predicted octanol–water partition coefficient (Wildman–Crippen LogP) is 0.175. The first kappa shape index (κ1) is 9.60. The molecular formula is C8H9FN2O2. The topological polar surface area (TPSA) is 76.2 Å². The molecule has 1 rings (SSSR count). The maximum Gasteiger partial charge on any atom is 0.320 e. The first-order chi connectivity index (χ1) is 6.09. The Morgan fingerprint density at radius 1 is 1.69 bits per heavy atom. The van der Waals surface area contributed by atoms with Crippen LogP contribution < -0.4 is 5.73 Å². The Bertz CT molecular complexity index is 300. The second-order valence-corrected chi connectivity index (χ2v) is 2.64. The lowest BCUT2D eigenvalue weighted by molar-refractivity contribution is -0.138. The first-order valence-electron chi connectivity index (χ1n) is 3.68. The van der Waals surface area contributed by atoms with Crippen molar-refractivity contribution in [2.75, 3.05) is 0 Å². The summed E-state index contributed by atoms with van der Waals surface area (Å²) < 4.78 is 12.3. The minimum atomic E-state index is -1.08. The third-order valence-electron chi connectivity index (χ3n) is 1.56. The molecule has 0 amide bonds. The van der Waals surface area contributed by atoms with Crippen molar-refractivity contribution >= 4 is 5.97 Å². The monoisotopic (exact) mass is 184 g/mol. The van der Waals surface area contributed by atoms with E-state index in [1.165, 1.54) is 18.3 Å². The van der Waals surface area contributed by atoms with Gasteiger partial charge >= 0.3 is 5.97 Å². The third kappa shape index (κ3) is 2.79. The molecule has 1 aromatic heterocycles. The summed E-state index contributed by atoms with van der Waals surface area (Å²) >= 11 is 0. The van der Waals surface area contributed by atoms with E-state index in [-0.39, 0.29) is 6.42 Å². The maximum atomic E-state index is 12.3. The molecule has 3 N–H and O–H groups in total. The highest BCUT2D eigenvalue weighted by molar-refractivity contribution is 5.73. The molecule has 0 saturated heterocycles. The summed E-state index contributed by atoms with van der Waals surface area (Å²) in [5.74, 6) is -1.67. The highest BCUT2D eigenvalue weighted by Crippen LogP contribution is 2.01. The molecule has 0 aromatic carbocycles. The van der Waals surface area contributed by atoms with Gasteiger partial charge in [0.25, 0.3) is 0 Å². The quantitative estimate of drug-likeness (QED) is 0.657. The van der Waals surface area contributed by atoms with Crippen molar-refractivity contribution in [2.45, 2.75) is 12.5 Å². The average molecular weight is 184 g/mol. The molecule has 1 unspecified atom stereocenters. The number of halogens is 1. The summed E-state index contributed by atoms with van der Waals surface area (Å²) in [6, 6.07) is 1.67. The van der Waals surface area contributed by atoms with Gasteiger partial charge in [0.2, 0.25) is 5.95 Å². The van der Waals surface area contributed by atoms with Crippen molar-refractivity contribution < 1.29 is 14.3 Å². The second-order valence-electron chi connectivity index (χ2n) is 2.64. The Labute approximate surface area is 74.2 Å². The number of hydrogen-bond acceptors (Lipinski definition) is 3. The van der Waals surface area contributed by atoms with Crippen LogP contribution in [0.15, 0.2) is 18.3 Å². The van der Waals surface area contributed by atoms with Crippen LogP contribution in [0.4, 0.5) is 4.39 Å². The van der Waals surface area contributed by atoms with Gasteiger partial charge in [-0.2, -0.15) is 4.39 Å². The van der Waals surface area contributed by atoms with Crippen LogP contribution in [0.3, 0.4) is 0 Å². The van der Waals surface area contributed by atoms with Crippen LogP contribution in [0.5, 0.6) is 0 Å². The van der Waals surface area contributed by atoms with E-state index in [1.807, 2.05) is 0 Å². The summed E-state index contributed by atoms with van der Waals surface area (Å²) in [5.41, 5.74) is 5.87. The van der Waals surface area contributed by atoms with Crippen LogP contribution >= 0.6 is 0 Å². The van der Waals surface area contributed by atoms with E-state index in [0.717, 1.165) is 0 Å². The zero-order chi connectivity index (χ0) is 9.84. The fourth-order valence-electron chi connectivity index (χ4n) is 0.868. The molecule has 0 aliphatic carbocycles. The lowest BCUT2D eigenvalue weighted by Gasteiger charge is -2.04. The molecule has 0 radical (unpaired) electrons. The highest BCUT2D eigenvalue weighted by Gasteiger charge is 2.11. The Hall–Kier alpha value is -1.49. The fourth-order valence-corrected chi connectivity index (χ4v) is 0.868. The second kappa shape index (κ2) is 3.95. The standard InChI is InChI=1S/C8H9FN2O2/c9-7-2-1-5(4-11-7)3-6(10)8(12)13/h1-2,4,6H,3,10H2,(H,12,13). The van der Waals surface area contributed by atoms with Gasteiger partial charge in [-0.3, -0.25) is 4.79 Å². The SMILES string of the molecule is NC(Cc1ccc(F)nc1)C(=O)O. The number of aromatic nitrogens is 1. The van der Waals surface area contributed by atoms with Crippen LogP contribution in [0.1, 0.15) is 5.56 Å². The van der Waals surface area contributed by atoms with Crippen LogP contribution in [-0.2, 0) is 11.2 Å². The molecule has 0 saturated carbocycles. The number of pyridine rings is 1. The molecule has 1 aromatic rings. The number of nitrogens with zero attached hydrogens (tertiary/aromatic N) is 1. The Morgan fingerprint density at radius 3 is 2.85 bits per heavy atom. The summed E-state index contributed by atoms with van der Waals surface area (Å²) in [7, 11) is 0. The van der Waals surface area contributed by atoms with E-state index in [4.69, 9.17) is 10.8 Å². The maximum absolute atomic E-state index is 12.3. The summed E-state index contributed by atoms with van der Waals surface area (Å²) in [5, 5.41) is 8.48. The van der Waals surface area contributed by atoms with Crippen molar-refractivity contribution in [1.29, 1.82) is 0 Å². The van der Waals surface area contributed by atoms with Gasteiger partial charge in [-0.25, -0.2) is 4.98 Å². The number of nitrogens with two attached hydrogens (primary N) is 1. The van der Waals surface area contributed by atoms with E-state index in [9.17, 15) is 9.18 Å². The minimum absolute atomic E-state index is 0.155. The molecule has 0 aliphatic heterocycles. The summed E-state index contributed by atoms with van der Waals surface area (Å²) in [4.78, 5) is 13.7. The van der Waals surface area contributed by atoms with Gasteiger partial charge in [0.1, 0.15) is 6.04 Å². The predicted molar refractivity (Wildman–Crippen MR) is 43.5 cm³/mol. The normalized spacial score (nSPS) is 12.5. The lowest BCUT2D eigenvalue weighted by Crippen LogP contribution is -2.32. The number of hydrogen-bond donors (Lipinski definition) is 2. The van der Waals surface area contributed by atoms with Crippen molar-refractivity contribution in [3.05, 3.63) is 29.8 Å². The molecule has 5 heteroatoms. The number of carboxylic acid groups (broad SMARTS) is 1. The zero-order valence-electron chi connectivity index (χ0n) is 6.77. The summed E-state index contributed by atoms with van der Waals surface area (Å²) in [6.07, 6.45) is 1.43. The zero-order valence-corrected chi connectivity index (χ0v) is 6.77. The molecule has 0 aliphatic rings.